The highest BCUT2D eigenvalue weighted by Crippen LogP contribution is 2.30. The van der Waals surface area contributed by atoms with E-state index in [1.807, 2.05) is 12.1 Å². The van der Waals surface area contributed by atoms with Crippen molar-refractivity contribution >= 4 is 17.5 Å². The molecule has 0 radical (unpaired) electrons. The van der Waals surface area contributed by atoms with E-state index in [9.17, 15) is 9.18 Å². The standard InChI is InChI=1S/C16H19ClFNO/c1-11(12(2)17)16(20)19-9-7-13(8-10-19)14-5-3-4-6-15(14)18/h3-6,13H,7-10H2,1-2H3/b12-11-. The fraction of sp³-hybridized carbons (Fsp3) is 0.438. The lowest BCUT2D eigenvalue weighted by Gasteiger charge is -2.32. The number of benzene rings is 1. The molecule has 108 valence electrons. The molecular weight excluding hydrogens is 277 g/mol. The van der Waals surface area contributed by atoms with E-state index in [0.29, 0.717) is 23.7 Å². The van der Waals surface area contributed by atoms with Crippen LogP contribution in [-0.2, 0) is 4.79 Å². The summed E-state index contributed by atoms with van der Waals surface area (Å²) in [6.07, 6.45) is 1.59. The second-order valence-electron chi connectivity index (χ2n) is 5.25. The molecule has 1 heterocycles. The molecular formula is C16H19ClFNO. The Morgan fingerprint density at radius 1 is 1.25 bits per heavy atom. The van der Waals surface area contributed by atoms with Gasteiger partial charge in [-0.15, -0.1) is 0 Å². The normalized spacial score (nSPS) is 17.9. The maximum atomic E-state index is 13.8. The van der Waals surface area contributed by atoms with E-state index in [-0.39, 0.29) is 17.6 Å². The Bertz CT molecular complexity index is 529. The van der Waals surface area contributed by atoms with Gasteiger partial charge >= 0.3 is 0 Å². The van der Waals surface area contributed by atoms with Gasteiger partial charge in [-0.25, -0.2) is 4.39 Å². The van der Waals surface area contributed by atoms with Gasteiger partial charge in [-0.3, -0.25) is 4.79 Å². The third-order valence-corrected chi connectivity index (χ3v) is 4.25. The minimum absolute atomic E-state index is 0.00974. The van der Waals surface area contributed by atoms with Crippen LogP contribution in [0.3, 0.4) is 0 Å². The number of halogens is 2. The largest absolute Gasteiger partial charge is 0.339 e. The second-order valence-corrected chi connectivity index (χ2v) is 5.81. The molecule has 0 atom stereocenters. The lowest BCUT2D eigenvalue weighted by atomic mass is 9.89. The van der Waals surface area contributed by atoms with Crippen LogP contribution in [0.5, 0.6) is 0 Å². The number of carbonyl (C=O) groups is 1. The van der Waals surface area contributed by atoms with E-state index >= 15 is 0 Å². The van der Waals surface area contributed by atoms with Gasteiger partial charge < -0.3 is 4.90 Å². The van der Waals surface area contributed by atoms with Crippen molar-refractivity contribution in [2.45, 2.75) is 32.6 Å². The highest BCUT2D eigenvalue weighted by atomic mass is 35.5. The van der Waals surface area contributed by atoms with Crippen LogP contribution in [0.1, 0.15) is 38.2 Å². The Hall–Kier alpha value is -1.35. The van der Waals surface area contributed by atoms with Gasteiger partial charge in [0.2, 0.25) is 0 Å². The highest BCUT2D eigenvalue weighted by molar-refractivity contribution is 6.31. The zero-order chi connectivity index (χ0) is 14.7. The summed E-state index contributed by atoms with van der Waals surface area (Å²) in [6.45, 7) is 4.77. The molecule has 0 aliphatic carbocycles. The Kier molecular flexibility index (Phi) is 4.81. The Balaban J connectivity index is 2.02. The van der Waals surface area contributed by atoms with E-state index in [2.05, 4.69) is 0 Å². The molecule has 2 nitrogen and oxygen atoms in total. The van der Waals surface area contributed by atoms with Gasteiger partial charge in [0, 0.05) is 23.7 Å². The predicted octanol–water partition coefficient (Wildman–Crippen LogP) is 4.06. The zero-order valence-electron chi connectivity index (χ0n) is 11.8. The molecule has 0 bridgehead atoms. The summed E-state index contributed by atoms with van der Waals surface area (Å²) in [6, 6.07) is 6.90. The lowest BCUT2D eigenvalue weighted by Crippen LogP contribution is -2.38. The van der Waals surface area contributed by atoms with E-state index in [1.54, 1.807) is 24.8 Å². The molecule has 20 heavy (non-hydrogen) atoms. The average molecular weight is 296 g/mol. The van der Waals surface area contributed by atoms with Gasteiger partial charge in [0.15, 0.2) is 0 Å². The van der Waals surface area contributed by atoms with E-state index in [0.717, 1.165) is 18.4 Å². The molecule has 1 aliphatic rings. The first-order valence-corrected chi connectivity index (χ1v) is 7.25. The Labute approximate surface area is 124 Å². The first kappa shape index (κ1) is 15.0. The SMILES string of the molecule is C/C(Cl)=C(\C)C(=O)N1CCC(c2ccccc2F)CC1. The molecule has 1 aromatic rings. The monoisotopic (exact) mass is 295 g/mol. The first-order chi connectivity index (χ1) is 9.50. The number of rotatable bonds is 2. The van der Waals surface area contributed by atoms with Crippen molar-refractivity contribution in [3.8, 4) is 0 Å². The molecule has 1 aromatic carbocycles. The summed E-state index contributed by atoms with van der Waals surface area (Å²) in [5.74, 6) is 0.0380. The van der Waals surface area contributed by atoms with Crippen molar-refractivity contribution in [2.24, 2.45) is 0 Å². The van der Waals surface area contributed by atoms with Gasteiger partial charge in [0.05, 0.1) is 0 Å². The third-order valence-electron chi connectivity index (χ3n) is 3.96. The summed E-state index contributed by atoms with van der Waals surface area (Å²) in [5, 5.41) is 0.534. The lowest BCUT2D eigenvalue weighted by molar-refractivity contribution is -0.128. The van der Waals surface area contributed by atoms with Gasteiger partial charge in [-0.2, -0.15) is 0 Å². The third kappa shape index (κ3) is 3.21. The van der Waals surface area contributed by atoms with Gasteiger partial charge in [0.25, 0.3) is 5.91 Å². The highest BCUT2D eigenvalue weighted by Gasteiger charge is 2.26. The van der Waals surface area contributed by atoms with Crippen molar-refractivity contribution in [3.05, 3.63) is 46.3 Å². The van der Waals surface area contributed by atoms with E-state index in [1.165, 1.54) is 6.07 Å². The fourth-order valence-corrected chi connectivity index (χ4v) is 2.67. The van der Waals surface area contributed by atoms with E-state index in [4.69, 9.17) is 11.6 Å². The number of nitrogens with zero attached hydrogens (tertiary/aromatic N) is 1. The fourth-order valence-electron chi connectivity index (χ4n) is 2.58. The van der Waals surface area contributed by atoms with Gasteiger partial charge in [-0.05, 0) is 44.2 Å². The molecule has 1 amide bonds. The summed E-state index contributed by atoms with van der Waals surface area (Å²) >= 11 is 5.87. The minimum Gasteiger partial charge on any atom is -0.339 e. The van der Waals surface area contributed by atoms with Crippen LogP contribution in [0.2, 0.25) is 0 Å². The summed E-state index contributed by atoms with van der Waals surface area (Å²) < 4.78 is 13.8. The predicted molar refractivity (Wildman–Crippen MR) is 79.2 cm³/mol. The molecule has 1 saturated heterocycles. The Morgan fingerprint density at radius 2 is 1.85 bits per heavy atom. The molecule has 0 N–H and O–H groups in total. The van der Waals surface area contributed by atoms with Crippen LogP contribution in [-0.4, -0.2) is 23.9 Å². The van der Waals surface area contributed by atoms with Crippen LogP contribution in [0.25, 0.3) is 0 Å². The van der Waals surface area contributed by atoms with Crippen molar-refractivity contribution in [3.63, 3.8) is 0 Å². The molecule has 1 aliphatic heterocycles. The maximum Gasteiger partial charge on any atom is 0.250 e. The number of hydrogen-bond acceptors (Lipinski definition) is 1. The van der Waals surface area contributed by atoms with E-state index < -0.39 is 0 Å². The molecule has 0 saturated carbocycles. The first-order valence-electron chi connectivity index (χ1n) is 6.87. The van der Waals surface area contributed by atoms with Gasteiger partial charge in [-0.1, -0.05) is 29.8 Å². The number of allylic oxidation sites excluding steroid dienone is 1. The molecule has 4 heteroatoms. The minimum atomic E-state index is -0.148. The summed E-state index contributed by atoms with van der Waals surface area (Å²) in [7, 11) is 0. The van der Waals surface area contributed by atoms with Crippen LogP contribution in [0.15, 0.2) is 34.9 Å². The summed E-state index contributed by atoms with van der Waals surface area (Å²) in [4.78, 5) is 14.0. The van der Waals surface area contributed by atoms with Gasteiger partial charge in [0.1, 0.15) is 5.82 Å². The molecule has 0 aromatic heterocycles. The van der Waals surface area contributed by atoms with Crippen molar-refractivity contribution in [1.82, 2.24) is 4.90 Å². The second kappa shape index (κ2) is 6.40. The van der Waals surface area contributed by atoms with Crippen LogP contribution in [0, 0.1) is 5.82 Å². The topological polar surface area (TPSA) is 20.3 Å². The quantitative estimate of drug-likeness (QED) is 0.753. The number of hydrogen-bond donors (Lipinski definition) is 0. The van der Waals surface area contributed by atoms with Crippen LogP contribution in [0.4, 0.5) is 4.39 Å². The number of likely N-dealkylation sites (tertiary alicyclic amines) is 1. The van der Waals surface area contributed by atoms with Crippen molar-refractivity contribution in [1.29, 1.82) is 0 Å². The molecule has 2 rings (SSSR count). The Morgan fingerprint density at radius 3 is 2.40 bits per heavy atom. The number of carbonyl (C=O) groups excluding carboxylic acids is 1. The average Bonchev–Trinajstić information content (AvgIpc) is 2.46. The molecule has 1 fully saturated rings. The smallest absolute Gasteiger partial charge is 0.250 e. The molecule has 0 unspecified atom stereocenters. The maximum absolute atomic E-state index is 13.8. The summed E-state index contributed by atoms with van der Waals surface area (Å²) in [5.41, 5.74) is 1.36. The van der Waals surface area contributed by atoms with Crippen molar-refractivity contribution in [2.75, 3.05) is 13.1 Å². The number of piperidine rings is 1. The van der Waals surface area contributed by atoms with Crippen LogP contribution < -0.4 is 0 Å². The zero-order valence-corrected chi connectivity index (χ0v) is 12.6. The van der Waals surface area contributed by atoms with Crippen molar-refractivity contribution < 1.29 is 9.18 Å². The molecule has 0 spiro atoms. The van der Waals surface area contributed by atoms with Crippen LogP contribution >= 0.6 is 11.6 Å². The number of amides is 1.